The number of anilines is 1. The number of benzene rings is 2. The number of nitrogens with two attached hydrogens (primary N) is 1. The number of carbonyl (C=O) groups is 3. The molecule has 7 nitrogen and oxygen atoms in total. The average Bonchev–Trinajstić information content (AvgIpc) is 2.56. The van der Waals surface area contributed by atoms with Crippen LogP contribution in [0, 0.1) is 0 Å². The van der Waals surface area contributed by atoms with Crippen LogP contribution < -0.4 is 10.5 Å². The molecule has 2 aromatic rings. The topological polar surface area (TPSA) is 116 Å². The summed E-state index contributed by atoms with van der Waals surface area (Å²) in [6.45, 7) is 3.39. The minimum absolute atomic E-state index is 0.0160. The van der Waals surface area contributed by atoms with Gasteiger partial charge < -0.3 is 20.3 Å². The second-order valence-corrected chi connectivity index (χ2v) is 4.74. The van der Waals surface area contributed by atoms with E-state index >= 15 is 0 Å². The van der Waals surface area contributed by atoms with Crippen molar-refractivity contribution in [3.05, 3.63) is 59.7 Å². The summed E-state index contributed by atoms with van der Waals surface area (Å²) in [7, 11) is 0. The molecular weight excluding hydrogens is 326 g/mol. The fraction of sp³-hybridized carbons (Fsp3) is 0.167. The number of esters is 2. The van der Waals surface area contributed by atoms with Gasteiger partial charge in [-0.15, -0.1) is 0 Å². The van der Waals surface area contributed by atoms with Gasteiger partial charge in [0.05, 0.1) is 12.2 Å². The third-order valence-electron chi connectivity index (χ3n) is 2.79. The molecule has 0 heterocycles. The van der Waals surface area contributed by atoms with Crippen LogP contribution >= 0.6 is 0 Å². The first-order valence-corrected chi connectivity index (χ1v) is 7.38. The van der Waals surface area contributed by atoms with Gasteiger partial charge in [0, 0.05) is 12.6 Å². The molecule has 0 saturated heterocycles. The fourth-order valence-electron chi connectivity index (χ4n) is 1.72. The predicted octanol–water partition coefficient (Wildman–Crippen LogP) is 2.76. The highest BCUT2D eigenvalue weighted by molar-refractivity contribution is 5.91. The van der Waals surface area contributed by atoms with Crippen molar-refractivity contribution >= 4 is 23.6 Å². The Morgan fingerprint density at radius 1 is 1.04 bits per heavy atom. The first-order valence-electron chi connectivity index (χ1n) is 7.38. The Balaban J connectivity index is 0.000000251. The van der Waals surface area contributed by atoms with E-state index < -0.39 is 11.9 Å². The standard InChI is InChI=1S/C9H11NO2.C9H8O4/c1-2-12-9(11)7-3-5-8(10)6-4-7;1-6(10)13-8-5-3-2-4-7(8)9(11)12/h3-6H,2,10H2,1H3;2-5H,1H3,(H,11,12). The van der Waals surface area contributed by atoms with E-state index in [9.17, 15) is 14.4 Å². The third kappa shape index (κ3) is 6.74. The average molecular weight is 345 g/mol. The summed E-state index contributed by atoms with van der Waals surface area (Å²) in [5, 5.41) is 8.69. The molecule has 0 aliphatic carbocycles. The van der Waals surface area contributed by atoms with E-state index in [0.29, 0.717) is 17.9 Å². The number of hydrogen-bond acceptors (Lipinski definition) is 6. The molecular formula is C18H19NO6. The van der Waals surface area contributed by atoms with Crippen LogP contribution in [-0.2, 0) is 9.53 Å². The molecule has 3 N–H and O–H groups in total. The Labute approximate surface area is 145 Å². The normalized spacial score (nSPS) is 9.36. The Kier molecular flexibility index (Phi) is 7.65. The number of ether oxygens (including phenoxy) is 2. The van der Waals surface area contributed by atoms with Gasteiger partial charge in [0.15, 0.2) is 0 Å². The molecule has 0 aliphatic rings. The van der Waals surface area contributed by atoms with Crippen molar-refractivity contribution < 1.29 is 29.0 Å². The number of carboxylic acid groups (broad SMARTS) is 1. The number of nitrogen functional groups attached to an aromatic ring is 1. The van der Waals surface area contributed by atoms with E-state index in [1.807, 2.05) is 0 Å². The number of carboxylic acids is 1. The molecule has 0 amide bonds. The van der Waals surface area contributed by atoms with Crippen LogP contribution in [0.4, 0.5) is 5.69 Å². The highest BCUT2D eigenvalue weighted by Gasteiger charge is 2.11. The highest BCUT2D eigenvalue weighted by atomic mass is 16.5. The van der Waals surface area contributed by atoms with E-state index in [0.717, 1.165) is 0 Å². The van der Waals surface area contributed by atoms with Gasteiger partial charge in [0.1, 0.15) is 11.3 Å². The number of hydrogen-bond donors (Lipinski definition) is 2. The van der Waals surface area contributed by atoms with E-state index in [1.54, 1.807) is 43.3 Å². The summed E-state index contributed by atoms with van der Waals surface area (Å²) < 4.78 is 9.47. The van der Waals surface area contributed by atoms with Gasteiger partial charge in [0.25, 0.3) is 0 Å². The zero-order valence-corrected chi connectivity index (χ0v) is 13.9. The number of para-hydroxylation sites is 1. The molecule has 0 atom stereocenters. The van der Waals surface area contributed by atoms with Crippen LogP contribution in [0.1, 0.15) is 34.6 Å². The molecule has 2 aromatic carbocycles. The van der Waals surface area contributed by atoms with Crippen LogP contribution in [-0.4, -0.2) is 29.6 Å². The quantitative estimate of drug-likeness (QED) is 0.497. The lowest BCUT2D eigenvalue weighted by Crippen LogP contribution is -2.06. The van der Waals surface area contributed by atoms with Crippen molar-refractivity contribution in [2.45, 2.75) is 13.8 Å². The van der Waals surface area contributed by atoms with Gasteiger partial charge in [-0.25, -0.2) is 9.59 Å². The zero-order valence-electron chi connectivity index (χ0n) is 13.9. The Morgan fingerprint density at radius 3 is 2.16 bits per heavy atom. The zero-order chi connectivity index (χ0) is 18.8. The van der Waals surface area contributed by atoms with Crippen LogP contribution in [0.2, 0.25) is 0 Å². The van der Waals surface area contributed by atoms with E-state index in [2.05, 4.69) is 4.74 Å². The van der Waals surface area contributed by atoms with Crippen LogP contribution in [0.5, 0.6) is 5.75 Å². The minimum atomic E-state index is -1.11. The third-order valence-corrected chi connectivity index (χ3v) is 2.79. The van der Waals surface area contributed by atoms with E-state index in [4.69, 9.17) is 15.6 Å². The first-order chi connectivity index (χ1) is 11.8. The summed E-state index contributed by atoms with van der Waals surface area (Å²) >= 11 is 0. The van der Waals surface area contributed by atoms with Crippen molar-refractivity contribution in [3.63, 3.8) is 0 Å². The van der Waals surface area contributed by atoms with Gasteiger partial charge >= 0.3 is 17.9 Å². The lowest BCUT2D eigenvalue weighted by atomic mass is 10.2. The molecule has 0 spiro atoms. The molecule has 0 unspecified atom stereocenters. The van der Waals surface area contributed by atoms with Crippen LogP contribution in [0.15, 0.2) is 48.5 Å². The maximum absolute atomic E-state index is 11.1. The van der Waals surface area contributed by atoms with Gasteiger partial charge in [-0.1, -0.05) is 12.1 Å². The molecule has 0 aliphatic heterocycles. The maximum Gasteiger partial charge on any atom is 0.339 e. The lowest BCUT2D eigenvalue weighted by Gasteiger charge is -2.03. The van der Waals surface area contributed by atoms with Crippen molar-refractivity contribution in [2.75, 3.05) is 12.3 Å². The largest absolute Gasteiger partial charge is 0.478 e. The fourth-order valence-corrected chi connectivity index (χ4v) is 1.72. The summed E-state index contributed by atoms with van der Waals surface area (Å²) in [5.41, 5.74) is 6.61. The summed E-state index contributed by atoms with van der Waals surface area (Å²) in [4.78, 5) is 32.3. The molecule has 0 bridgehead atoms. The maximum atomic E-state index is 11.1. The molecule has 25 heavy (non-hydrogen) atoms. The Morgan fingerprint density at radius 2 is 1.64 bits per heavy atom. The summed E-state index contributed by atoms with van der Waals surface area (Å²) in [6.07, 6.45) is 0. The van der Waals surface area contributed by atoms with E-state index in [1.165, 1.54) is 19.1 Å². The molecule has 0 radical (unpaired) electrons. The first kappa shape index (κ1) is 19.7. The smallest absolute Gasteiger partial charge is 0.339 e. The van der Waals surface area contributed by atoms with Gasteiger partial charge in [0.2, 0.25) is 0 Å². The number of aromatic carboxylic acids is 1. The van der Waals surface area contributed by atoms with Gasteiger partial charge in [-0.3, -0.25) is 4.79 Å². The highest BCUT2D eigenvalue weighted by Crippen LogP contribution is 2.17. The molecule has 0 fully saturated rings. The monoisotopic (exact) mass is 345 g/mol. The van der Waals surface area contributed by atoms with Gasteiger partial charge in [-0.2, -0.15) is 0 Å². The second kappa shape index (κ2) is 9.71. The van der Waals surface area contributed by atoms with Crippen molar-refractivity contribution in [3.8, 4) is 5.75 Å². The molecule has 0 aromatic heterocycles. The van der Waals surface area contributed by atoms with E-state index in [-0.39, 0.29) is 17.3 Å². The van der Waals surface area contributed by atoms with Gasteiger partial charge in [-0.05, 0) is 43.3 Å². The predicted molar refractivity (Wildman–Crippen MR) is 91.5 cm³/mol. The van der Waals surface area contributed by atoms with Crippen molar-refractivity contribution in [1.82, 2.24) is 0 Å². The minimum Gasteiger partial charge on any atom is -0.478 e. The summed E-state index contributed by atoms with van der Waals surface area (Å²) in [5.74, 6) is -1.88. The van der Waals surface area contributed by atoms with Crippen LogP contribution in [0.3, 0.4) is 0 Å². The lowest BCUT2D eigenvalue weighted by molar-refractivity contribution is -0.131. The Bertz CT molecular complexity index is 739. The molecule has 7 heteroatoms. The SMILES string of the molecule is CC(=O)Oc1ccccc1C(=O)O.CCOC(=O)c1ccc(N)cc1. The van der Waals surface area contributed by atoms with Crippen molar-refractivity contribution in [1.29, 1.82) is 0 Å². The summed E-state index contributed by atoms with van der Waals surface area (Å²) in [6, 6.07) is 12.6. The Hall–Kier alpha value is -3.35. The van der Waals surface area contributed by atoms with Crippen LogP contribution in [0.25, 0.3) is 0 Å². The molecule has 0 saturated carbocycles. The number of rotatable bonds is 4. The molecule has 2 rings (SSSR count). The number of carbonyl (C=O) groups excluding carboxylic acids is 2. The molecule has 132 valence electrons. The second-order valence-electron chi connectivity index (χ2n) is 4.74. The van der Waals surface area contributed by atoms with Crippen molar-refractivity contribution in [2.24, 2.45) is 0 Å².